The van der Waals surface area contributed by atoms with Crippen molar-refractivity contribution in [2.45, 2.75) is 0 Å². The second-order valence-electron chi connectivity index (χ2n) is 0.470. The summed E-state index contributed by atoms with van der Waals surface area (Å²) in [6, 6.07) is 0. The van der Waals surface area contributed by atoms with Gasteiger partial charge in [-0.3, -0.25) is 4.57 Å². The predicted molar refractivity (Wildman–Crippen MR) is 32.5 cm³/mol. The van der Waals surface area contributed by atoms with Gasteiger partial charge in [0.15, 0.2) is 0 Å². The number of hydrogen-bond acceptors (Lipinski definition) is 2. The van der Waals surface area contributed by atoms with Gasteiger partial charge in [0.05, 0.1) is 0 Å². The first-order valence-corrected chi connectivity index (χ1v) is 2.30. The molecule has 0 aromatic carbocycles. The molecule has 0 aliphatic carbocycles. The molecule has 0 aromatic heterocycles. The number of hydrogen-bond donors (Lipinski definition) is 1. The summed E-state index contributed by atoms with van der Waals surface area (Å²) in [5.74, 6) is 0. The Kier molecular flexibility index (Phi) is 29.1. The summed E-state index contributed by atoms with van der Waals surface area (Å²) < 4.78 is 13.2. The van der Waals surface area contributed by atoms with Crippen LogP contribution in [0.2, 0.25) is 0 Å². The molecule has 1 atom stereocenters. The molecular formula is CH7K2O3P. The molecule has 0 rings (SSSR count). The average molecular weight is 176 g/mol. The molecule has 0 saturated heterocycles. The van der Waals surface area contributed by atoms with Crippen LogP contribution in [0.5, 0.6) is 0 Å². The first-order chi connectivity index (χ1) is 2.27. The van der Waals surface area contributed by atoms with Crippen LogP contribution < -0.4 is 0 Å². The van der Waals surface area contributed by atoms with Crippen molar-refractivity contribution >= 4 is 111 Å². The second kappa shape index (κ2) is 12.1. The summed E-state index contributed by atoms with van der Waals surface area (Å²) >= 11 is 0. The molecule has 0 radical (unpaired) electrons. The van der Waals surface area contributed by atoms with Crippen LogP contribution in [-0.4, -0.2) is 115 Å². The van der Waals surface area contributed by atoms with Crippen LogP contribution in [0, 0.1) is 0 Å². The summed E-state index contributed by atoms with van der Waals surface area (Å²) in [6.45, 7) is 0. The minimum atomic E-state index is -2.62. The van der Waals surface area contributed by atoms with Gasteiger partial charge in [0.1, 0.15) is 0 Å². The predicted octanol–water partition coefficient (Wildman–Crippen LogP) is -1.28. The molecule has 0 aliphatic heterocycles. The summed E-state index contributed by atoms with van der Waals surface area (Å²) in [6.07, 6.45) is 0. The van der Waals surface area contributed by atoms with Gasteiger partial charge in [-0.05, 0) is 0 Å². The third kappa shape index (κ3) is 17.7. The quantitative estimate of drug-likeness (QED) is 0.400. The third-order valence-electron chi connectivity index (χ3n) is 0.175. The summed E-state index contributed by atoms with van der Waals surface area (Å²) in [5, 5.41) is 0. The van der Waals surface area contributed by atoms with Crippen LogP contribution in [0.3, 0.4) is 0 Å². The Morgan fingerprint density at radius 3 is 1.71 bits per heavy atom. The van der Waals surface area contributed by atoms with E-state index in [-0.39, 0.29) is 103 Å². The normalized spacial score (nSPS) is 10.6. The van der Waals surface area contributed by atoms with Crippen LogP contribution in [0.1, 0.15) is 0 Å². The summed E-state index contributed by atoms with van der Waals surface area (Å²) in [4.78, 5) is 7.69. The van der Waals surface area contributed by atoms with E-state index < -0.39 is 8.25 Å². The summed E-state index contributed by atoms with van der Waals surface area (Å²) in [5.41, 5.74) is 0. The molecule has 0 aliphatic rings. The Morgan fingerprint density at radius 2 is 1.71 bits per heavy atom. The van der Waals surface area contributed by atoms with Crippen molar-refractivity contribution in [3.05, 3.63) is 0 Å². The van der Waals surface area contributed by atoms with Crippen LogP contribution in [0.25, 0.3) is 0 Å². The van der Waals surface area contributed by atoms with Crippen molar-refractivity contribution in [2.24, 2.45) is 0 Å². The zero-order valence-electron chi connectivity index (χ0n) is 2.76. The summed E-state index contributed by atoms with van der Waals surface area (Å²) in [7, 11) is -1.44. The molecular weight excluding hydrogens is 169 g/mol. The zero-order valence-corrected chi connectivity index (χ0v) is 3.76. The van der Waals surface area contributed by atoms with E-state index in [4.69, 9.17) is 4.89 Å². The van der Waals surface area contributed by atoms with Crippen molar-refractivity contribution in [3.8, 4) is 0 Å². The Balaban J connectivity index is -0.0000000800. The van der Waals surface area contributed by atoms with Crippen molar-refractivity contribution in [2.75, 3.05) is 7.11 Å². The molecule has 0 heterocycles. The van der Waals surface area contributed by atoms with Crippen LogP contribution in [0.4, 0.5) is 0 Å². The molecule has 0 bridgehead atoms. The van der Waals surface area contributed by atoms with E-state index >= 15 is 0 Å². The van der Waals surface area contributed by atoms with E-state index in [2.05, 4.69) is 4.52 Å². The fourth-order valence-corrected chi connectivity index (χ4v) is 0. The van der Waals surface area contributed by atoms with Gasteiger partial charge in [0.2, 0.25) is 0 Å². The van der Waals surface area contributed by atoms with Gasteiger partial charge < -0.3 is 9.42 Å². The van der Waals surface area contributed by atoms with Crippen molar-refractivity contribution in [3.63, 3.8) is 0 Å². The fraction of sp³-hybridized carbons (Fsp3) is 1.00. The molecule has 7 heavy (non-hydrogen) atoms. The molecule has 1 N–H and O–H groups in total. The first-order valence-electron chi connectivity index (χ1n) is 1.04. The molecule has 1 unspecified atom stereocenters. The number of rotatable bonds is 1. The maximum absolute atomic E-state index is 9.33. The Labute approximate surface area is 128 Å². The molecule has 0 amide bonds. The van der Waals surface area contributed by atoms with Gasteiger partial charge in [0.25, 0.3) is 0 Å². The van der Waals surface area contributed by atoms with Crippen LogP contribution in [-0.2, 0) is 9.09 Å². The molecule has 0 aromatic rings. The second-order valence-corrected chi connectivity index (χ2v) is 1.41. The van der Waals surface area contributed by atoms with Crippen molar-refractivity contribution in [1.29, 1.82) is 0 Å². The van der Waals surface area contributed by atoms with Crippen LogP contribution in [0.15, 0.2) is 0 Å². The molecule has 6 heteroatoms. The van der Waals surface area contributed by atoms with Gasteiger partial charge in [-0.25, -0.2) is 0 Å². The Hall–Kier alpha value is 3.42. The topological polar surface area (TPSA) is 46.5 Å². The van der Waals surface area contributed by atoms with Gasteiger partial charge >= 0.3 is 111 Å². The van der Waals surface area contributed by atoms with Crippen LogP contribution >= 0.6 is 8.25 Å². The molecule has 0 fully saturated rings. The maximum atomic E-state index is 9.33. The van der Waals surface area contributed by atoms with E-state index in [9.17, 15) is 4.57 Å². The van der Waals surface area contributed by atoms with E-state index in [1.807, 2.05) is 0 Å². The Bertz CT molecular complexity index is 48.2. The fourth-order valence-electron chi connectivity index (χ4n) is 0. The van der Waals surface area contributed by atoms with Gasteiger partial charge in [0, 0.05) is 7.11 Å². The molecule has 0 spiro atoms. The van der Waals surface area contributed by atoms with Gasteiger partial charge in [-0.2, -0.15) is 0 Å². The van der Waals surface area contributed by atoms with Crippen molar-refractivity contribution < 1.29 is 14.0 Å². The van der Waals surface area contributed by atoms with Crippen molar-refractivity contribution in [1.82, 2.24) is 0 Å². The first kappa shape index (κ1) is 16.8. The average Bonchev–Trinajstić information content (AvgIpc) is 1.38. The molecule has 3 nitrogen and oxygen atoms in total. The Morgan fingerprint density at radius 1 is 1.57 bits per heavy atom. The monoisotopic (exact) mass is 176 g/mol. The van der Waals surface area contributed by atoms with E-state index in [0.717, 1.165) is 0 Å². The standard InChI is InChI=1S/CH5O3P.2K.2H/c1-4-5(2)3;;;;/h5H,1H3,(H,2,3);;;;. The molecule has 36 valence electrons. The van der Waals surface area contributed by atoms with E-state index in [0.29, 0.717) is 0 Å². The van der Waals surface area contributed by atoms with E-state index in [1.54, 1.807) is 0 Å². The van der Waals surface area contributed by atoms with E-state index in [1.165, 1.54) is 7.11 Å². The SMILES string of the molecule is CO[PH](=O)O.[KH].[KH]. The minimum absolute atomic E-state index is 0. The molecule has 0 saturated carbocycles. The zero-order chi connectivity index (χ0) is 4.28. The third-order valence-corrected chi connectivity index (χ3v) is 0.524. The van der Waals surface area contributed by atoms with Gasteiger partial charge in [-0.15, -0.1) is 0 Å². The van der Waals surface area contributed by atoms with Gasteiger partial charge in [-0.1, -0.05) is 0 Å².